The van der Waals surface area contributed by atoms with Gasteiger partial charge in [0.1, 0.15) is 0 Å². The summed E-state index contributed by atoms with van der Waals surface area (Å²) in [5, 5.41) is 2.61. The van der Waals surface area contributed by atoms with Crippen molar-refractivity contribution in [2.45, 2.75) is 51.5 Å². The minimum absolute atomic E-state index is 0.124. The summed E-state index contributed by atoms with van der Waals surface area (Å²) in [5.74, 6) is -0.189. The molecule has 0 aliphatic carbocycles. The van der Waals surface area contributed by atoms with Gasteiger partial charge in [-0.05, 0) is 63.7 Å². The number of sulfonamides is 1. The van der Waals surface area contributed by atoms with Gasteiger partial charge in [-0.3, -0.25) is 4.79 Å². The molecule has 0 spiro atoms. The first-order valence-electron chi connectivity index (χ1n) is 8.40. The van der Waals surface area contributed by atoms with Crippen LogP contribution in [0, 0.1) is 0 Å². The van der Waals surface area contributed by atoms with Crippen molar-refractivity contribution >= 4 is 21.6 Å². The van der Waals surface area contributed by atoms with Gasteiger partial charge in [-0.25, -0.2) is 13.1 Å². The van der Waals surface area contributed by atoms with Gasteiger partial charge in [-0.2, -0.15) is 0 Å². The number of rotatable bonds is 10. The molecular formula is C17H29N3O3S. The summed E-state index contributed by atoms with van der Waals surface area (Å²) in [6.07, 6.45) is 1.74. The van der Waals surface area contributed by atoms with E-state index < -0.39 is 10.0 Å². The standard InChI is InChI=1S/C17H29N3O3S/c1-5-20(6-2)13-7-8-14(3)19-24(22,23)17-11-9-16(10-12-17)18-15(4)21/h9-12,14,19H,5-8,13H2,1-4H3,(H,18,21)/t14-/m1/s1. The highest BCUT2D eigenvalue weighted by Gasteiger charge is 2.17. The van der Waals surface area contributed by atoms with E-state index in [9.17, 15) is 13.2 Å². The van der Waals surface area contributed by atoms with E-state index in [2.05, 4.69) is 28.8 Å². The number of anilines is 1. The Labute approximate surface area is 145 Å². The number of hydrogen-bond acceptors (Lipinski definition) is 4. The highest BCUT2D eigenvalue weighted by atomic mass is 32.2. The molecule has 0 heterocycles. The van der Waals surface area contributed by atoms with E-state index in [0.717, 1.165) is 32.5 Å². The van der Waals surface area contributed by atoms with Crippen LogP contribution in [-0.4, -0.2) is 44.9 Å². The third kappa shape index (κ3) is 6.98. The van der Waals surface area contributed by atoms with E-state index in [-0.39, 0.29) is 16.8 Å². The van der Waals surface area contributed by atoms with Crippen molar-refractivity contribution in [3.05, 3.63) is 24.3 Å². The van der Waals surface area contributed by atoms with Crippen LogP contribution in [0.15, 0.2) is 29.2 Å². The summed E-state index contributed by atoms with van der Waals surface area (Å²) in [4.78, 5) is 13.5. The molecule has 0 unspecified atom stereocenters. The summed E-state index contributed by atoms with van der Waals surface area (Å²) in [7, 11) is -3.54. The third-order valence-electron chi connectivity index (χ3n) is 3.85. The van der Waals surface area contributed by atoms with E-state index >= 15 is 0 Å². The maximum absolute atomic E-state index is 12.4. The van der Waals surface area contributed by atoms with Gasteiger partial charge in [0.25, 0.3) is 0 Å². The Balaban J connectivity index is 2.57. The molecular weight excluding hydrogens is 326 g/mol. The molecule has 1 rings (SSSR count). The highest BCUT2D eigenvalue weighted by Crippen LogP contribution is 2.15. The molecule has 0 saturated carbocycles. The number of carbonyl (C=O) groups is 1. The molecule has 1 amide bonds. The highest BCUT2D eigenvalue weighted by molar-refractivity contribution is 7.89. The fourth-order valence-electron chi connectivity index (χ4n) is 2.47. The Morgan fingerprint density at radius 1 is 1.17 bits per heavy atom. The largest absolute Gasteiger partial charge is 0.326 e. The molecule has 0 aliphatic heterocycles. The third-order valence-corrected chi connectivity index (χ3v) is 5.45. The number of nitrogens with zero attached hydrogens (tertiary/aromatic N) is 1. The molecule has 0 aromatic heterocycles. The molecule has 1 aromatic carbocycles. The lowest BCUT2D eigenvalue weighted by molar-refractivity contribution is -0.114. The van der Waals surface area contributed by atoms with Gasteiger partial charge in [0, 0.05) is 18.7 Å². The van der Waals surface area contributed by atoms with Crippen LogP contribution in [-0.2, 0) is 14.8 Å². The first-order valence-corrected chi connectivity index (χ1v) is 9.89. The van der Waals surface area contributed by atoms with Crippen LogP contribution in [0.25, 0.3) is 0 Å². The molecule has 1 atom stereocenters. The summed E-state index contributed by atoms with van der Waals surface area (Å²) in [6.45, 7) is 10.5. The van der Waals surface area contributed by atoms with Gasteiger partial charge in [0.2, 0.25) is 15.9 Å². The zero-order valence-corrected chi connectivity index (χ0v) is 15.8. The van der Waals surface area contributed by atoms with Crippen molar-refractivity contribution in [3.8, 4) is 0 Å². The van der Waals surface area contributed by atoms with Crippen LogP contribution < -0.4 is 10.0 Å². The van der Waals surface area contributed by atoms with Crippen LogP contribution in [0.5, 0.6) is 0 Å². The molecule has 0 fully saturated rings. The molecule has 24 heavy (non-hydrogen) atoms. The van der Waals surface area contributed by atoms with Crippen LogP contribution in [0.1, 0.15) is 40.5 Å². The number of nitrogens with one attached hydrogen (secondary N) is 2. The van der Waals surface area contributed by atoms with Gasteiger partial charge >= 0.3 is 0 Å². The van der Waals surface area contributed by atoms with E-state index in [0.29, 0.717) is 5.69 Å². The second-order valence-electron chi connectivity index (χ2n) is 5.90. The van der Waals surface area contributed by atoms with Crippen molar-refractivity contribution in [2.75, 3.05) is 25.0 Å². The van der Waals surface area contributed by atoms with Crippen LogP contribution in [0.4, 0.5) is 5.69 Å². The molecule has 0 bridgehead atoms. The fraction of sp³-hybridized carbons (Fsp3) is 0.588. The Hall–Kier alpha value is -1.44. The van der Waals surface area contributed by atoms with E-state index in [4.69, 9.17) is 0 Å². The summed E-state index contributed by atoms with van der Waals surface area (Å²) < 4.78 is 27.5. The Bertz CT molecular complexity index is 610. The van der Waals surface area contributed by atoms with Crippen molar-refractivity contribution in [1.82, 2.24) is 9.62 Å². The molecule has 6 nitrogen and oxygen atoms in total. The monoisotopic (exact) mass is 355 g/mol. The number of benzene rings is 1. The lowest BCUT2D eigenvalue weighted by atomic mass is 10.2. The maximum Gasteiger partial charge on any atom is 0.240 e. The minimum atomic E-state index is -3.54. The number of carbonyl (C=O) groups excluding carboxylic acids is 1. The summed E-state index contributed by atoms with van der Waals surface area (Å²) in [5.41, 5.74) is 0.578. The van der Waals surface area contributed by atoms with E-state index in [1.54, 1.807) is 12.1 Å². The van der Waals surface area contributed by atoms with Gasteiger partial charge < -0.3 is 10.2 Å². The molecule has 0 saturated heterocycles. The molecule has 7 heteroatoms. The number of hydrogen-bond donors (Lipinski definition) is 2. The number of amides is 1. The van der Waals surface area contributed by atoms with Crippen molar-refractivity contribution in [3.63, 3.8) is 0 Å². The predicted octanol–water partition coefficient (Wildman–Crippen LogP) is 2.43. The average Bonchev–Trinajstić information content (AvgIpc) is 2.51. The normalized spacial score (nSPS) is 13.0. The second-order valence-corrected chi connectivity index (χ2v) is 7.61. The second kappa shape index (κ2) is 9.76. The Morgan fingerprint density at radius 2 is 1.75 bits per heavy atom. The van der Waals surface area contributed by atoms with Crippen LogP contribution in [0.2, 0.25) is 0 Å². The molecule has 2 N–H and O–H groups in total. The minimum Gasteiger partial charge on any atom is -0.326 e. The fourth-order valence-corrected chi connectivity index (χ4v) is 3.75. The molecule has 0 radical (unpaired) electrons. The van der Waals surface area contributed by atoms with Crippen LogP contribution >= 0.6 is 0 Å². The van der Waals surface area contributed by atoms with E-state index in [1.165, 1.54) is 19.1 Å². The summed E-state index contributed by atoms with van der Waals surface area (Å²) in [6, 6.07) is 6.04. The topological polar surface area (TPSA) is 78.5 Å². The van der Waals surface area contributed by atoms with Gasteiger partial charge in [0.15, 0.2) is 0 Å². The Kier molecular flexibility index (Phi) is 8.38. The van der Waals surface area contributed by atoms with Gasteiger partial charge in [-0.1, -0.05) is 13.8 Å². The lowest BCUT2D eigenvalue weighted by Gasteiger charge is -2.19. The Morgan fingerprint density at radius 3 is 2.25 bits per heavy atom. The maximum atomic E-state index is 12.4. The molecule has 1 aromatic rings. The average molecular weight is 356 g/mol. The van der Waals surface area contributed by atoms with Crippen molar-refractivity contribution < 1.29 is 13.2 Å². The first kappa shape index (κ1) is 20.6. The lowest BCUT2D eigenvalue weighted by Crippen LogP contribution is -2.33. The van der Waals surface area contributed by atoms with Crippen LogP contribution in [0.3, 0.4) is 0 Å². The molecule has 0 aliphatic rings. The zero-order chi connectivity index (χ0) is 18.2. The van der Waals surface area contributed by atoms with Crippen molar-refractivity contribution in [2.24, 2.45) is 0 Å². The predicted molar refractivity (Wildman–Crippen MR) is 97.6 cm³/mol. The smallest absolute Gasteiger partial charge is 0.240 e. The molecule has 136 valence electrons. The summed E-state index contributed by atoms with van der Waals surface area (Å²) >= 11 is 0. The van der Waals surface area contributed by atoms with Gasteiger partial charge in [0.05, 0.1) is 4.90 Å². The van der Waals surface area contributed by atoms with Crippen molar-refractivity contribution in [1.29, 1.82) is 0 Å². The van der Waals surface area contributed by atoms with Gasteiger partial charge in [-0.15, -0.1) is 0 Å². The first-order chi connectivity index (χ1) is 11.3. The zero-order valence-electron chi connectivity index (χ0n) is 15.0. The van der Waals surface area contributed by atoms with E-state index in [1.807, 2.05) is 6.92 Å². The SMILES string of the molecule is CCN(CC)CCC[C@@H](C)NS(=O)(=O)c1ccc(NC(C)=O)cc1. The quantitative estimate of drug-likeness (QED) is 0.676.